The van der Waals surface area contributed by atoms with E-state index < -0.39 is 0 Å². The van der Waals surface area contributed by atoms with E-state index in [1.807, 2.05) is 19.1 Å². The molecule has 2 aromatic carbocycles. The van der Waals surface area contributed by atoms with Crippen LogP contribution < -0.4 is 9.64 Å². The van der Waals surface area contributed by atoms with Gasteiger partial charge in [0.05, 0.1) is 19.2 Å². The Bertz CT molecular complexity index is 655. The minimum absolute atomic E-state index is 0.0707. The number of benzene rings is 2. The molecule has 110 valence electrons. The van der Waals surface area contributed by atoms with Gasteiger partial charge in [-0.1, -0.05) is 12.1 Å². The molecule has 0 bridgehead atoms. The fraction of sp³-hybridized carbons (Fsp3) is 0.235. The van der Waals surface area contributed by atoms with Crippen molar-refractivity contribution in [3.8, 4) is 5.75 Å². The summed E-state index contributed by atoms with van der Waals surface area (Å²) in [4.78, 5) is 14.1. The zero-order valence-corrected chi connectivity index (χ0v) is 12.4. The SMILES string of the molecule is COc1cc(C)ccc1C(=O)CN(C)c1cccc(F)c1. The monoisotopic (exact) mass is 287 g/mol. The van der Waals surface area contributed by atoms with E-state index in [1.165, 1.54) is 12.1 Å². The maximum atomic E-state index is 13.2. The summed E-state index contributed by atoms with van der Waals surface area (Å²) in [6.45, 7) is 2.10. The highest BCUT2D eigenvalue weighted by Crippen LogP contribution is 2.22. The van der Waals surface area contributed by atoms with Crippen LogP contribution in [0.2, 0.25) is 0 Å². The van der Waals surface area contributed by atoms with Crippen molar-refractivity contribution in [2.45, 2.75) is 6.92 Å². The minimum atomic E-state index is -0.320. The van der Waals surface area contributed by atoms with Gasteiger partial charge < -0.3 is 9.64 Å². The van der Waals surface area contributed by atoms with Gasteiger partial charge in [-0.2, -0.15) is 0 Å². The van der Waals surface area contributed by atoms with Crippen LogP contribution in [0.25, 0.3) is 0 Å². The van der Waals surface area contributed by atoms with E-state index in [4.69, 9.17) is 4.74 Å². The highest BCUT2D eigenvalue weighted by atomic mass is 19.1. The van der Waals surface area contributed by atoms with Crippen LogP contribution in [-0.2, 0) is 0 Å². The number of likely N-dealkylation sites (N-methyl/N-ethyl adjacent to an activating group) is 1. The van der Waals surface area contributed by atoms with E-state index in [2.05, 4.69) is 0 Å². The second kappa shape index (κ2) is 6.39. The van der Waals surface area contributed by atoms with Crippen LogP contribution in [-0.4, -0.2) is 26.5 Å². The number of hydrogen-bond donors (Lipinski definition) is 0. The van der Waals surface area contributed by atoms with Crippen molar-refractivity contribution >= 4 is 11.5 Å². The number of rotatable bonds is 5. The number of methoxy groups -OCH3 is 1. The molecule has 0 N–H and O–H groups in total. The molecule has 0 aliphatic carbocycles. The number of carbonyl (C=O) groups is 1. The molecule has 21 heavy (non-hydrogen) atoms. The lowest BCUT2D eigenvalue weighted by Gasteiger charge is -2.19. The quantitative estimate of drug-likeness (QED) is 0.789. The van der Waals surface area contributed by atoms with Crippen LogP contribution in [0.15, 0.2) is 42.5 Å². The maximum absolute atomic E-state index is 13.2. The molecular formula is C17H18FNO2. The first-order chi connectivity index (χ1) is 10.0. The molecule has 0 fully saturated rings. The molecule has 0 radical (unpaired) electrons. The summed E-state index contributed by atoms with van der Waals surface area (Å²) in [5.74, 6) is 0.172. The Kier molecular flexibility index (Phi) is 4.58. The standard InChI is InChI=1S/C17H18FNO2/c1-12-7-8-15(17(9-12)21-3)16(20)11-19(2)14-6-4-5-13(18)10-14/h4-10H,11H2,1-3H3. The van der Waals surface area contributed by atoms with Crippen molar-refractivity contribution in [2.75, 3.05) is 25.6 Å². The number of ether oxygens (including phenoxy) is 1. The number of aryl methyl sites for hydroxylation is 1. The second-order valence-electron chi connectivity index (χ2n) is 4.96. The predicted octanol–water partition coefficient (Wildman–Crippen LogP) is 3.46. The van der Waals surface area contributed by atoms with E-state index >= 15 is 0 Å². The van der Waals surface area contributed by atoms with Gasteiger partial charge in [-0.15, -0.1) is 0 Å². The summed E-state index contributed by atoms with van der Waals surface area (Å²) in [6.07, 6.45) is 0. The molecule has 0 saturated heterocycles. The molecule has 4 heteroatoms. The summed E-state index contributed by atoms with van der Waals surface area (Å²) in [5, 5.41) is 0. The molecule has 2 aromatic rings. The van der Waals surface area contributed by atoms with Crippen molar-refractivity contribution in [3.63, 3.8) is 0 Å². The molecule has 0 aliphatic heterocycles. The first kappa shape index (κ1) is 15.0. The summed E-state index contributed by atoms with van der Waals surface area (Å²) in [5.41, 5.74) is 2.22. The first-order valence-corrected chi connectivity index (χ1v) is 6.66. The van der Waals surface area contributed by atoms with Crippen LogP contribution in [0, 0.1) is 12.7 Å². The topological polar surface area (TPSA) is 29.5 Å². The largest absolute Gasteiger partial charge is 0.496 e. The van der Waals surface area contributed by atoms with E-state index in [0.29, 0.717) is 17.0 Å². The summed E-state index contributed by atoms with van der Waals surface area (Å²) < 4.78 is 18.5. The fourth-order valence-corrected chi connectivity index (χ4v) is 2.13. The molecule has 0 aromatic heterocycles. The summed E-state index contributed by atoms with van der Waals surface area (Å²) in [7, 11) is 3.30. The van der Waals surface area contributed by atoms with Gasteiger partial charge in [0, 0.05) is 12.7 Å². The van der Waals surface area contributed by atoms with Crippen LogP contribution in [0.1, 0.15) is 15.9 Å². The van der Waals surface area contributed by atoms with Gasteiger partial charge in [0.2, 0.25) is 0 Å². The smallest absolute Gasteiger partial charge is 0.185 e. The zero-order valence-electron chi connectivity index (χ0n) is 12.4. The molecule has 0 unspecified atom stereocenters. The number of Topliss-reactive ketones (excluding diaryl/α,β-unsaturated/α-hetero) is 1. The van der Waals surface area contributed by atoms with Crippen LogP contribution >= 0.6 is 0 Å². The third-order valence-corrected chi connectivity index (χ3v) is 3.29. The van der Waals surface area contributed by atoms with Gasteiger partial charge in [-0.25, -0.2) is 4.39 Å². The minimum Gasteiger partial charge on any atom is -0.496 e. The highest BCUT2D eigenvalue weighted by molar-refractivity contribution is 6.01. The third kappa shape index (κ3) is 3.60. The lowest BCUT2D eigenvalue weighted by molar-refractivity contribution is 0.0997. The Labute approximate surface area is 124 Å². The van der Waals surface area contributed by atoms with E-state index in [9.17, 15) is 9.18 Å². The van der Waals surface area contributed by atoms with E-state index in [1.54, 1.807) is 37.3 Å². The molecule has 3 nitrogen and oxygen atoms in total. The van der Waals surface area contributed by atoms with Gasteiger partial charge in [0.15, 0.2) is 5.78 Å². The van der Waals surface area contributed by atoms with Gasteiger partial charge in [-0.05, 0) is 42.8 Å². The molecule has 0 spiro atoms. The first-order valence-electron chi connectivity index (χ1n) is 6.66. The summed E-state index contributed by atoms with van der Waals surface area (Å²) >= 11 is 0. The number of anilines is 1. The Hall–Kier alpha value is -2.36. The van der Waals surface area contributed by atoms with Crippen molar-refractivity contribution < 1.29 is 13.9 Å². The van der Waals surface area contributed by atoms with Gasteiger partial charge in [0.1, 0.15) is 11.6 Å². The molecule has 0 saturated carbocycles. The molecule has 0 heterocycles. The van der Waals surface area contributed by atoms with Crippen molar-refractivity contribution in [1.82, 2.24) is 0 Å². The Morgan fingerprint density at radius 2 is 2.00 bits per heavy atom. The van der Waals surface area contributed by atoms with Gasteiger partial charge in [0.25, 0.3) is 0 Å². The van der Waals surface area contributed by atoms with Crippen molar-refractivity contribution in [1.29, 1.82) is 0 Å². The Morgan fingerprint density at radius 3 is 2.67 bits per heavy atom. The number of hydrogen-bond acceptors (Lipinski definition) is 3. The van der Waals surface area contributed by atoms with Crippen molar-refractivity contribution in [2.24, 2.45) is 0 Å². The molecule has 2 rings (SSSR count). The van der Waals surface area contributed by atoms with Gasteiger partial charge >= 0.3 is 0 Å². The van der Waals surface area contributed by atoms with Crippen LogP contribution in [0.4, 0.5) is 10.1 Å². The Balaban J connectivity index is 2.18. The lowest BCUT2D eigenvalue weighted by Crippen LogP contribution is -2.26. The second-order valence-corrected chi connectivity index (χ2v) is 4.96. The number of ketones is 1. The van der Waals surface area contributed by atoms with Crippen LogP contribution in [0.3, 0.4) is 0 Å². The number of carbonyl (C=O) groups excluding carboxylic acids is 1. The molecule has 0 amide bonds. The van der Waals surface area contributed by atoms with E-state index in [-0.39, 0.29) is 18.1 Å². The Morgan fingerprint density at radius 1 is 1.24 bits per heavy atom. The molecule has 0 aliphatic rings. The number of nitrogens with zero attached hydrogens (tertiary/aromatic N) is 1. The average molecular weight is 287 g/mol. The normalized spacial score (nSPS) is 10.3. The lowest BCUT2D eigenvalue weighted by atomic mass is 10.1. The predicted molar refractivity (Wildman–Crippen MR) is 81.7 cm³/mol. The summed E-state index contributed by atoms with van der Waals surface area (Å²) in [6, 6.07) is 11.6. The fourth-order valence-electron chi connectivity index (χ4n) is 2.13. The third-order valence-electron chi connectivity index (χ3n) is 3.29. The molecule has 0 atom stereocenters. The van der Waals surface area contributed by atoms with Crippen LogP contribution in [0.5, 0.6) is 5.75 Å². The van der Waals surface area contributed by atoms with E-state index in [0.717, 1.165) is 5.56 Å². The zero-order chi connectivity index (χ0) is 15.4. The highest BCUT2D eigenvalue weighted by Gasteiger charge is 2.15. The number of halogens is 1. The molecular weight excluding hydrogens is 269 g/mol. The van der Waals surface area contributed by atoms with Crippen molar-refractivity contribution in [3.05, 3.63) is 59.4 Å². The maximum Gasteiger partial charge on any atom is 0.185 e. The van der Waals surface area contributed by atoms with Gasteiger partial charge in [-0.3, -0.25) is 4.79 Å². The average Bonchev–Trinajstić information content (AvgIpc) is 2.46.